The number of rotatable bonds is 3. The smallest absolute Gasteiger partial charge is 0.163 e. The van der Waals surface area contributed by atoms with E-state index in [1.54, 1.807) is 23.6 Å². The van der Waals surface area contributed by atoms with Crippen LogP contribution in [-0.2, 0) is 4.74 Å². The number of nitrogens with one attached hydrogen (secondary N) is 1. The van der Waals surface area contributed by atoms with E-state index in [0.29, 0.717) is 24.7 Å². The minimum Gasteiger partial charge on any atom is -0.377 e. The third-order valence-corrected chi connectivity index (χ3v) is 7.19. The van der Waals surface area contributed by atoms with E-state index in [9.17, 15) is 5.26 Å². The molecule has 1 saturated heterocycles. The van der Waals surface area contributed by atoms with E-state index in [4.69, 9.17) is 14.7 Å². The summed E-state index contributed by atoms with van der Waals surface area (Å²) in [7, 11) is 0. The molecule has 5 aromatic rings. The number of nitrogens with zero attached hydrogens (tertiary/aromatic N) is 6. The zero-order valence-corrected chi connectivity index (χ0v) is 19.6. The van der Waals surface area contributed by atoms with E-state index < -0.39 is 0 Å². The molecule has 1 fully saturated rings. The van der Waals surface area contributed by atoms with Crippen LogP contribution in [0.5, 0.6) is 0 Å². The van der Waals surface area contributed by atoms with Crippen LogP contribution in [-0.4, -0.2) is 50.7 Å². The fraction of sp³-hybridized carbons (Fsp3) is 0.240. The summed E-state index contributed by atoms with van der Waals surface area (Å²) in [6.07, 6.45) is 3.66. The number of hydrogen-bond donors (Lipinski definition) is 1. The van der Waals surface area contributed by atoms with Crippen LogP contribution in [0.4, 0.5) is 5.82 Å². The summed E-state index contributed by atoms with van der Waals surface area (Å²) in [4.78, 5) is 24.6. The van der Waals surface area contributed by atoms with Gasteiger partial charge in [-0.05, 0) is 38.1 Å². The van der Waals surface area contributed by atoms with E-state index >= 15 is 0 Å². The monoisotopic (exact) mass is 467 g/mol. The van der Waals surface area contributed by atoms with Gasteiger partial charge in [0.05, 0.1) is 29.5 Å². The van der Waals surface area contributed by atoms with Crippen molar-refractivity contribution in [2.24, 2.45) is 0 Å². The molecule has 8 nitrogen and oxygen atoms in total. The van der Waals surface area contributed by atoms with Crippen molar-refractivity contribution in [3.8, 4) is 28.6 Å². The van der Waals surface area contributed by atoms with Gasteiger partial charge in [-0.3, -0.25) is 0 Å². The van der Waals surface area contributed by atoms with E-state index in [0.717, 1.165) is 56.0 Å². The SMILES string of the molecule is Cc1nc(C#N)ccc1-c1csc2c(N3CCOC[C@H]3C)nc(-c3ccnc4[nH]ccc34)nc12. The summed E-state index contributed by atoms with van der Waals surface area (Å²) in [6, 6.07) is 10.00. The molecule has 6 rings (SSSR count). The van der Waals surface area contributed by atoms with Crippen LogP contribution in [0.2, 0.25) is 0 Å². The topological polar surface area (TPSA) is 104 Å². The molecule has 9 heteroatoms. The number of ether oxygens (including phenoxy) is 1. The summed E-state index contributed by atoms with van der Waals surface area (Å²) in [5.74, 6) is 1.58. The lowest BCUT2D eigenvalue weighted by Crippen LogP contribution is -2.44. The van der Waals surface area contributed by atoms with Gasteiger partial charge in [0.25, 0.3) is 0 Å². The van der Waals surface area contributed by atoms with Crippen LogP contribution >= 0.6 is 11.3 Å². The maximum absolute atomic E-state index is 9.24. The highest BCUT2D eigenvalue weighted by atomic mass is 32.1. The Balaban J connectivity index is 1.62. The summed E-state index contributed by atoms with van der Waals surface area (Å²) >= 11 is 1.64. The first-order chi connectivity index (χ1) is 16.6. The minimum absolute atomic E-state index is 0.202. The van der Waals surface area contributed by atoms with Gasteiger partial charge in [0.15, 0.2) is 11.6 Å². The number of aromatic amines is 1. The normalized spacial score (nSPS) is 16.3. The number of anilines is 1. The Bertz CT molecular complexity index is 1580. The largest absolute Gasteiger partial charge is 0.377 e. The number of aryl methyl sites for hydroxylation is 1. The van der Waals surface area contributed by atoms with Crippen LogP contribution in [0.3, 0.4) is 0 Å². The molecule has 5 aromatic heterocycles. The average molecular weight is 468 g/mol. The molecule has 168 valence electrons. The van der Waals surface area contributed by atoms with Crippen LogP contribution in [0.25, 0.3) is 43.8 Å². The molecule has 0 saturated carbocycles. The Morgan fingerprint density at radius 3 is 2.88 bits per heavy atom. The Hall–Kier alpha value is -3.87. The lowest BCUT2D eigenvalue weighted by atomic mass is 10.1. The fourth-order valence-electron chi connectivity index (χ4n) is 4.52. The van der Waals surface area contributed by atoms with E-state index in [-0.39, 0.29) is 6.04 Å². The van der Waals surface area contributed by atoms with Gasteiger partial charge < -0.3 is 14.6 Å². The highest BCUT2D eigenvalue weighted by Crippen LogP contribution is 2.41. The molecule has 1 N–H and O–H groups in total. The van der Waals surface area contributed by atoms with Gasteiger partial charge in [-0.1, -0.05) is 0 Å². The predicted octanol–water partition coefficient (Wildman–Crippen LogP) is 4.70. The highest BCUT2D eigenvalue weighted by molar-refractivity contribution is 7.18. The van der Waals surface area contributed by atoms with Crippen molar-refractivity contribution in [1.82, 2.24) is 24.9 Å². The molecule has 1 aliphatic heterocycles. The predicted molar refractivity (Wildman–Crippen MR) is 133 cm³/mol. The number of thiophene rings is 1. The number of fused-ring (bicyclic) bond motifs is 2. The third kappa shape index (κ3) is 3.31. The Morgan fingerprint density at radius 1 is 1.15 bits per heavy atom. The van der Waals surface area contributed by atoms with E-state index in [2.05, 4.69) is 38.2 Å². The van der Waals surface area contributed by atoms with Crippen LogP contribution in [0, 0.1) is 18.3 Å². The lowest BCUT2D eigenvalue weighted by Gasteiger charge is -2.34. The van der Waals surface area contributed by atoms with Gasteiger partial charge in [-0.25, -0.2) is 19.9 Å². The molecule has 1 aliphatic rings. The molecule has 0 radical (unpaired) electrons. The summed E-state index contributed by atoms with van der Waals surface area (Å²) in [5, 5.41) is 12.3. The molecule has 1 atom stereocenters. The molecule has 0 bridgehead atoms. The molecule has 0 amide bonds. The Morgan fingerprint density at radius 2 is 2.06 bits per heavy atom. The fourth-order valence-corrected chi connectivity index (χ4v) is 5.53. The van der Waals surface area contributed by atoms with Gasteiger partial charge in [-0.15, -0.1) is 11.3 Å². The van der Waals surface area contributed by atoms with Crippen LogP contribution < -0.4 is 4.90 Å². The van der Waals surface area contributed by atoms with Crippen LogP contribution in [0.1, 0.15) is 18.3 Å². The Kier molecular flexibility index (Phi) is 4.98. The van der Waals surface area contributed by atoms with Gasteiger partial charge in [0, 0.05) is 52.1 Å². The second kappa shape index (κ2) is 8.17. The average Bonchev–Trinajstić information content (AvgIpc) is 3.51. The van der Waals surface area contributed by atoms with Crippen molar-refractivity contribution in [3.05, 3.63) is 53.4 Å². The maximum Gasteiger partial charge on any atom is 0.163 e. The number of morpholine rings is 1. The molecule has 0 spiro atoms. The highest BCUT2D eigenvalue weighted by Gasteiger charge is 2.26. The van der Waals surface area contributed by atoms with Crippen LogP contribution in [0.15, 0.2) is 42.0 Å². The van der Waals surface area contributed by atoms with Gasteiger partial charge >= 0.3 is 0 Å². The van der Waals surface area contributed by atoms with Gasteiger partial charge in [0.2, 0.25) is 0 Å². The molecule has 34 heavy (non-hydrogen) atoms. The Labute approximate surface area is 199 Å². The molecular formula is C25H21N7OS. The molecule has 6 heterocycles. The van der Waals surface area contributed by atoms with Crippen molar-refractivity contribution in [2.45, 2.75) is 19.9 Å². The number of H-pyrrole nitrogens is 1. The van der Waals surface area contributed by atoms with Gasteiger partial charge in [-0.2, -0.15) is 5.26 Å². The van der Waals surface area contributed by atoms with E-state index in [1.165, 1.54) is 0 Å². The zero-order valence-electron chi connectivity index (χ0n) is 18.7. The number of nitriles is 1. The molecule has 0 aromatic carbocycles. The lowest BCUT2D eigenvalue weighted by molar-refractivity contribution is 0.0987. The zero-order chi connectivity index (χ0) is 23.2. The van der Waals surface area contributed by atoms with Gasteiger partial charge in [0.1, 0.15) is 17.4 Å². The summed E-state index contributed by atoms with van der Waals surface area (Å²) < 4.78 is 6.73. The third-order valence-electron chi connectivity index (χ3n) is 6.23. The maximum atomic E-state index is 9.24. The van der Waals surface area contributed by atoms with Crippen molar-refractivity contribution in [1.29, 1.82) is 5.26 Å². The summed E-state index contributed by atoms with van der Waals surface area (Å²) in [5.41, 5.74) is 5.81. The second-order valence-corrected chi connectivity index (χ2v) is 9.23. The standard InChI is InChI=1S/C25H21N7OS/c1-14-12-33-10-9-32(14)25-22-21(20(13-34-22)17-4-3-16(11-26)29-15(17)2)30-24(31-25)19-6-8-28-23-18(19)5-7-27-23/h3-8,13-14H,9-10,12H2,1-2H3,(H,27,28)/t14-/m1/s1. The first-order valence-electron chi connectivity index (χ1n) is 11.1. The minimum atomic E-state index is 0.202. The molecule has 0 aliphatic carbocycles. The van der Waals surface area contributed by atoms with E-state index in [1.807, 2.05) is 31.3 Å². The van der Waals surface area contributed by atoms with Crippen molar-refractivity contribution in [2.75, 3.05) is 24.7 Å². The first kappa shape index (κ1) is 20.7. The molecule has 0 unspecified atom stereocenters. The quantitative estimate of drug-likeness (QED) is 0.410. The van der Waals surface area contributed by atoms with Crippen molar-refractivity contribution >= 4 is 38.4 Å². The number of aromatic nitrogens is 5. The number of hydrogen-bond acceptors (Lipinski definition) is 8. The van der Waals surface area contributed by atoms with Crippen molar-refractivity contribution < 1.29 is 4.74 Å². The second-order valence-electron chi connectivity index (χ2n) is 8.35. The number of pyridine rings is 2. The first-order valence-corrected chi connectivity index (χ1v) is 12.0. The van der Waals surface area contributed by atoms with Crippen molar-refractivity contribution in [3.63, 3.8) is 0 Å². The molecular weight excluding hydrogens is 446 g/mol. The summed E-state index contributed by atoms with van der Waals surface area (Å²) in [6.45, 7) is 6.19.